The Bertz CT molecular complexity index is 586. The molecule has 104 valence electrons. The van der Waals surface area contributed by atoms with Crippen LogP contribution in [0.2, 0.25) is 0 Å². The fourth-order valence-electron chi connectivity index (χ4n) is 1.92. The van der Waals surface area contributed by atoms with Crippen molar-refractivity contribution >= 4 is 36.0 Å². The number of hydrogen-bond donors (Lipinski definition) is 2. The molecule has 6 nitrogen and oxygen atoms in total. The summed E-state index contributed by atoms with van der Waals surface area (Å²) in [5.74, 6) is -4.55. The van der Waals surface area contributed by atoms with Gasteiger partial charge < -0.3 is 0 Å². The van der Waals surface area contributed by atoms with Gasteiger partial charge in [0.25, 0.3) is 11.8 Å². The Morgan fingerprint density at radius 1 is 1.25 bits per heavy atom. The number of amides is 2. The van der Waals surface area contributed by atoms with E-state index in [0.717, 1.165) is 0 Å². The molecule has 20 heavy (non-hydrogen) atoms. The van der Waals surface area contributed by atoms with E-state index < -0.39 is 41.0 Å². The predicted octanol–water partition coefficient (Wildman–Crippen LogP) is 0.501. The first-order valence-corrected chi connectivity index (χ1v) is 6.32. The van der Waals surface area contributed by atoms with Crippen molar-refractivity contribution in [3.8, 4) is 0 Å². The van der Waals surface area contributed by atoms with E-state index in [4.69, 9.17) is 5.21 Å². The Morgan fingerprint density at radius 2 is 1.85 bits per heavy atom. The summed E-state index contributed by atoms with van der Waals surface area (Å²) in [7, 11) is 0. The van der Waals surface area contributed by atoms with Crippen molar-refractivity contribution in [3.05, 3.63) is 35.9 Å². The summed E-state index contributed by atoms with van der Waals surface area (Å²) in [4.78, 5) is 46.8. The molecule has 0 aromatic heterocycles. The van der Waals surface area contributed by atoms with Crippen molar-refractivity contribution in [1.82, 2.24) is 5.06 Å². The van der Waals surface area contributed by atoms with E-state index >= 15 is 0 Å². The van der Waals surface area contributed by atoms with Gasteiger partial charge >= 0.3 is 0 Å². The maximum absolute atomic E-state index is 12.1. The summed E-state index contributed by atoms with van der Waals surface area (Å²) in [6, 6.07) is 8.04. The molecule has 0 aliphatic carbocycles. The van der Waals surface area contributed by atoms with Gasteiger partial charge in [-0.15, -0.1) is 0 Å². The first-order valence-electron chi connectivity index (χ1n) is 5.80. The zero-order chi connectivity index (χ0) is 14.9. The molecule has 2 unspecified atom stereocenters. The molecule has 0 bridgehead atoms. The number of ketones is 2. The van der Waals surface area contributed by atoms with E-state index in [1.54, 1.807) is 18.2 Å². The highest BCUT2D eigenvalue weighted by Crippen LogP contribution is 2.23. The molecule has 1 fully saturated rings. The molecule has 1 aromatic rings. The lowest BCUT2D eigenvalue weighted by atomic mass is 9.95. The van der Waals surface area contributed by atoms with E-state index in [1.165, 1.54) is 12.1 Å². The second-order valence-corrected chi connectivity index (χ2v) is 4.85. The van der Waals surface area contributed by atoms with Crippen LogP contribution in [0, 0.1) is 5.92 Å². The number of thiol groups is 1. The quantitative estimate of drug-likeness (QED) is 0.277. The fraction of sp³-hybridized carbons (Fsp3) is 0.231. The van der Waals surface area contributed by atoms with Crippen LogP contribution in [0.15, 0.2) is 30.3 Å². The van der Waals surface area contributed by atoms with Crippen LogP contribution >= 0.6 is 12.6 Å². The lowest BCUT2D eigenvalue weighted by molar-refractivity contribution is -0.172. The molecule has 0 spiro atoms. The number of hydroxylamine groups is 2. The molecular weight excluding hydrogens is 282 g/mol. The van der Waals surface area contributed by atoms with E-state index in [-0.39, 0.29) is 5.06 Å². The Morgan fingerprint density at radius 3 is 2.35 bits per heavy atom. The number of carbonyl (C=O) groups is 4. The molecule has 1 saturated heterocycles. The van der Waals surface area contributed by atoms with E-state index in [2.05, 4.69) is 12.6 Å². The molecule has 1 aliphatic heterocycles. The summed E-state index contributed by atoms with van der Waals surface area (Å²) in [5.41, 5.74) is 0.290. The largest absolute Gasteiger partial charge is 0.297 e. The topological polar surface area (TPSA) is 91.8 Å². The number of carbonyl (C=O) groups excluding carboxylic acids is 4. The number of rotatable bonds is 4. The summed E-state index contributed by atoms with van der Waals surface area (Å²) in [6.45, 7) is 0. The molecule has 2 rings (SSSR count). The molecule has 0 radical (unpaired) electrons. The molecule has 1 aliphatic rings. The van der Waals surface area contributed by atoms with Crippen molar-refractivity contribution in [2.45, 2.75) is 11.7 Å². The zero-order valence-electron chi connectivity index (χ0n) is 10.2. The molecular formula is C13H11NO5S. The predicted molar refractivity (Wildman–Crippen MR) is 70.3 cm³/mol. The fourth-order valence-corrected chi connectivity index (χ4v) is 2.25. The monoisotopic (exact) mass is 293 g/mol. The minimum atomic E-state index is -1.34. The number of imide groups is 1. The average Bonchev–Trinajstić information content (AvgIpc) is 2.73. The lowest BCUT2D eigenvalue weighted by Crippen LogP contribution is -2.35. The van der Waals surface area contributed by atoms with Crippen LogP contribution in [0.25, 0.3) is 0 Å². The minimum Gasteiger partial charge on any atom is -0.297 e. The van der Waals surface area contributed by atoms with Gasteiger partial charge in [0, 0.05) is 12.0 Å². The normalized spacial score (nSPS) is 20.1. The van der Waals surface area contributed by atoms with Crippen LogP contribution in [-0.2, 0) is 14.4 Å². The Balaban J connectivity index is 2.16. The van der Waals surface area contributed by atoms with Crippen molar-refractivity contribution < 1.29 is 24.4 Å². The highest BCUT2D eigenvalue weighted by atomic mass is 32.1. The molecule has 2 atom stereocenters. The van der Waals surface area contributed by atoms with Crippen LogP contribution < -0.4 is 0 Å². The molecule has 1 heterocycles. The zero-order valence-corrected chi connectivity index (χ0v) is 11.1. The van der Waals surface area contributed by atoms with Crippen molar-refractivity contribution in [2.24, 2.45) is 5.92 Å². The summed E-state index contributed by atoms with van der Waals surface area (Å²) >= 11 is 3.94. The Kier molecular flexibility index (Phi) is 4.01. The van der Waals surface area contributed by atoms with Crippen molar-refractivity contribution in [1.29, 1.82) is 0 Å². The number of Topliss-reactive ketones (excluding diaryl/α,β-unsaturated/α-hetero) is 2. The first-order chi connectivity index (χ1) is 9.43. The van der Waals surface area contributed by atoms with Gasteiger partial charge in [-0.25, -0.2) is 0 Å². The van der Waals surface area contributed by atoms with Gasteiger partial charge in [0.2, 0.25) is 0 Å². The highest BCUT2D eigenvalue weighted by molar-refractivity contribution is 7.82. The number of nitrogens with zero attached hydrogens (tertiary/aromatic N) is 1. The first kappa shape index (κ1) is 14.4. The summed E-state index contributed by atoms with van der Waals surface area (Å²) < 4.78 is 0. The maximum Gasteiger partial charge on any atom is 0.264 e. The molecule has 7 heteroatoms. The smallest absolute Gasteiger partial charge is 0.264 e. The van der Waals surface area contributed by atoms with Crippen molar-refractivity contribution in [2.75, 3.05) is 0 Å². The number of hydrogen-bond acceptors (Lipinski definition) is 6. The van der Waals surface area contributed by atoms with Gasteiger partial charge in [-0.3, -0.25) is 24.4 Å². The molecule has 0 saturated carbocycles. The summed E-state index contributed by atoms with van der Waals surface area (Å²) in [6.07, 6.45) is -0.437. The van der Waals surface area contributed by atoms with Crippen LogP contribution in [0.3, 0.4) is 0 Å². The van der Waals surface area contributed by atoms with Crippen molar-refractivity contribution in [3.63, 3.8) is 0 Å². The molecule has 1 N–H and O–H groups in total. The van der Waals surface area contributed by atoms with Crippen LogP contribution in [0.4, 0.5) is 0 Å². The second-order valence-electron chi connectivity index (χ2n) is 4.34. The van der Waals surface area contributed by atoms with E-state index in [1.807, 2.05) is 0 Å². The SMILES string of the molecule is O=C(c1ccccc1)C(S)C(=O)C1CC(=O)N(O)C1=O. The third-order valence-corrected chi connectivity index (χ3v) is 3.53. The Labute approximate surface area is 119 Å². The van der Waals surface area contributed by atoms with E-state index in [0.29, 0.717) is 5.56 Å². The van der Waals surface area contributed by atoms with Gasteiger partial charge in [-0.1, -0.05) is 30.3 Å². The second kappa shape index (κ2) is 5.56. The van der Waals surface area contributed by atoms with Crippen LogP contribution in [-0.4, -0.2) is 38.9 Å². The number of benzene rings is 1. The van der Waals surface area contributed by atoms with Gasteiger partial charge in [0.15, 0.2) is 11.6 Å². The van der Waals surface area contributed by atoms with Crippen LogP contribution in [0.5, 0.6) is 0 Å². The van der Waals surface area contributed by atoms with Crippen LogP contribution in [0.1, 0.15) is 16.8 Å². The Hall–Kier alpha value is -1.99. The minimum absolute atomic E-state index is 0.0872. The average molecular weight is 293 g/mol. The standard InChI is InChI=1S/C13H11NO5S/c15-9-6-8(13(18)14(9)19)11(17)12(20)10(16)7-4-2-1-3-5-7/h1-5,8,12,19-20H,6H2. The summed E-state index contributed by atoms with van der Waals surface area (Å²) in [5, 5.41) is 7.67. The molecule has 1 aromatic carbocycles. The third kappa shape index (κ3) is 2.50. The lowest BCUT2D eigenvalue weighted by Gasteiger charge is -2.12. The molecule has 2 amide bonds. The third-order valence-electron chi connectivity index (χ3n) is 3.04. The highest BCUT2D eigenvalue weighted by Gasteiger charge is 2.45. The van der Waals surface area contributed by atoms with Gasteiger partial charge in [0.1, 0.15) is 11.2 Å². The van der Waals surface area contributed by atoms with Gasteiger partial charge in [-0.05, 0) is 0 Å². The van der Waals surface area contributed by atoms with Gasteiger partial charge in [-0.2, -0.15) is 17.7 Å². The maximum atomic E-state index is 12.1. The van der Waals surface area contributed by atoms with E-state index in [9.17, 15) is 19.2 Å². The van der Waals surface area contributed by atoms with Gasteiger partial charge in [0.05, 0.1) is 0 Å².